The van der Waals surface area contributed by atoms with Crippen LogP contribution in [0.2, 0.25) is 0 Å². The highest BCUT2D eigenvalue weighted by atomic mass is 16.3. The lowest BCUT2D eigenvalue weighted by atomic mass is 9.86. The molecule has 3 aliphatic rings. The molecular weight excluding hydrogens is 865 g/mol. The third-order valence-corrected chi connectivity index (χ3v) is 12.0. The first kappa shape index (κ1) is 52.0. The lowest BCUT2D eigenvalue weighted by molar-refractivity contribution is -0.129. The number of carbonyl (C=O) groups is 6. The molecule has 4 heterocycles. The Morgan fingerprint density at radius 2 is 1.40 bits per heavy atom. The summed E-state index contributed by atoms with van der Waals surface area (Å²) in [6, 6.07) is 15.7. The second kappa shape index (κ2) is 24.7. The van der Waals surface area contributed by atoms with Crippen LogP contribution in [-0.4, -0.2) is 87.7 Å². The Morgan fingerprint density at radius 1 is 0.779 bits per heavy atom. The van der Waals surface area contributed by atoms with Crippen molar-refractivity contribution in [3.63, 3.8) is 0 Å². The van der Waals surface area contributed by atoms with Crippen LogP contribution >= 0.6 is 0 Å². The summed E-state index contributed by atoms with van der Waals surface area (Å²) in [5.74, 6) is -2.49. The van der Waals surface area contributed by atoms with Gasteiger partial charge < -0.3 is 41.2 Å². The molecule has 2 aromatic heterocycles. The number of unbranched alkanes of at least 4 members (excludes halogenated alkanes) is 2. The van der Waals surface area contributed by atoms with Crippen molar-refractivity contribution in [1.82, 2.24) is 35.7 Å². The Bertz CT molecular complexity index is 2610. The van der Waals surface area contributed by atoms with Crippen LogP contribution in [0.1, 0.15) is 112 Å². The third kappa shape index (κ3) is 13.1. The fourth-order valence-electron chi connectivity index (χ4n) is 8.54. The molecule has 1 saturated heterocycles. The zero-order valence-electron chi connectivity index (χ0n) is 40.1. The molecule has 4 aromatic rings. The molecule has 0 radical (unpaired) electrons. The van der Waals surface area contributed by atoms with E-state index in [1.807, 2.05) is 51.1 Å². The first-order valence-corrected chi connectivity index (χ1v) is 23.6. The maximum absolute atomic E-state index is 13.7. The van der Waals surface area contributed by atoms with Gasteiger partial charge in [-0.15, -0.1) is 0 Å². The molecule has 6 N–H and O–H groups in total. The van der Waals surface area contributed by atoms with Crippen molar-refractivity contribution >= 4 is 52.0 Å². The minimum atomic E-state index is -0.963. The SMILES string of the molecule is C=C(C)[C@@H](O)c1cc2n(c(=O)c1CC)Cc1c-2nc2ccc(NC(=O)CNC(=O)CNC(=O)CNC(=O)CNC(=O)CCCCCN3C(=C)CCC3=O)c3c2c1CCC3.CC.Cc1ccccc1. The van der Waals surface area contributed by atoms with E-state index in [-0.39, 0.29) is 36.9 Å². The number of pyridine rings is 2. The fourth-order valence-corrected chi connectivity index (χ4v) is 8.54. The first-order valence-electron chi connectivity index (χ1n) is 23.6. The normalized spacial score (nSPS) is 13.5. The number of aryl methyl sites for hydroxylation is 3. The van der Waals surface area contributed by atoms with Crippen LogP contribution in [0.4, 0.5) is 5.69 Å². The number of aromatic nitrogens is 2. The monoisotopic (exact) mass is 931 g/mol. The topological polar surface area (TPSA) is 221 Å². The molecule has 0 saturated carbocycles. The Labute approximate surface area is 398 Å². The van der Waals surface area contributed by atoms with E-state index >= 15 is 0 Å². The average Bonchev–Trinajstić information content (AvgIpc) is 3.87. The predicted octanol–water partition coefficient (Wildman–Crippen LogP) is 5.21. The molecule has 2 aromatic carbocycles. The second-order valence-corrected chi connectivity index (χ2v) is 16.9. The van der Waals surface area contributed by atoms with Crippen LogP contribution in [0.3, 0.4) is 0 Å². The molecule has 6 amide bonds. The molecule has 0 unspecified atom stereocenters. The van der Waals surface area contributed by atoms with Crippen molar-refractivity contribution in [2.24, 2.45) is 0 Å². The number of fused-ring (bicyclic) bond motifs is 4. The van der Waals surface area contributed by atoms with Gasteiger partial charge in [-0.1, -0.05) is 76.2 Å². The average molecular weight is 931 g/mol. The zero-order chi connectivity index (χ0) is 49.5. The number of aliphatic hydroxyl groups excluding tert-OH is 1. The van der Waals surface area contributed by atoms with Crippen LogP contribution in [0.15, 0.2) is 77.8 Å². The van der Waals surface area contributed by atoms with Crippen LogP contribution in [-0.2, 0) is 54.6 Å². The Balaban J connectivity index is 0.000000869. The molecule has 16 heteroatoms. The Morgan fingerprint density at radius 3 is 1.97 bits per heavy atom. The van der Waals surface area contributed by atoms with Crippen molar-refractivity contribution in [3.8, 4) is 11.4 Å². The van der Waals surface area contributed by atoms with Crippen molar-refractivity contribution < 1.29 is 33.9 Å². The molecule has 1 fully saturated rings. The molecule has 0 bridgehead atoms. The Kier molecular flexibility index (Phi) is 18.9. The summed E-state index contributed by atoms with van der Waals surface area (Å²) in [6.45, 7) is 17.0. The number of nitrogens with one attached hydrogen (secondary N) is 5. The van der Waals surface area contributed by atoms with E-state index in [0.717, 1.165) is 59.0 Å². The summed E-state index contributed by atoms with van der Waals surface area (Å²) in [5, 5.41) is 24.5. The van der Waals surface area contributed by atoms with Gasteiger partial charge in [0.2, 0.25) is 35.4 Å². The maximum Gasteiger partial charge on any atom is 0.254 e. The molecule has 0 spiro atoms. The number of aliphatic hydroxyl groups is 1. The van der Waals surface area contributed by atoms with E-state index < -0.39 is 42.8 Å². The van der Waals surface area contributed by atoms with Gasteiger partial charge >= 0.3 is 0 Å². The van der Waals surface area contributed by atoms with E-state index in [1.54, 1.807) is 22.5 Å². The highest BCUT2D eigenvalue weighted by molar-refractivity contribution is 6.01. The molecule has 1 atom stereocenters. The lowest BCUT2D eigenvalue weighted by Gasteiger charge is -2.22. The molecule has 2 aliphatic heterocycles. The molecule has 7 rings (SSSR count). The number of hydrogen-bond donors (Lipinski definition) is 6. The van der Waals surface area contributed by atoms with Gasteiger partial charge in [0.25, 0.3) is 5.56 Å². The number of nitrogens with zero attached hydrogens (tertiary/aromatic N) is 3. The fraction of sp³-hybridized carbons (Fsp3) is 0.423. The highest BCUT2D eigenvalue weighted by Crippen LogP contribution is 2.42. The van der Waals surface area contributed by atoms with Gasteiger partial charge in [0.1, 0.15) is 6.10 Å². The number of amides is 6. The van der Waals surface area contributed by atoms with Gasteiger partial charge in [-0.05, 0) is 99.3 Å². The van der Waals surface area contributed by atoms with Gasteiger partial charge in [-0.25, -0.2) is 4.98 Å². The number of anilines is 1. The summed E-state index contributed by atoms with van der Waals surface area (Å²) in [7, 11) is 0. The quantitative estimate of drug-likeness (QED) is 0.0501. The molecule has 68 heavy (non-hydrogen) atoms. The minimum Gasteiger partial charge on any atom is -0.384 e. The summed E-state index contributed by atoms with van der Waals surface area (Å²) in [4.78, 5) is 94.0. The third-order valence-electron chi connectivity index (χ3n) is 12.0. The van der Waals surface area contributed by atoms with Gasteiger partial charge in [0.05, 0.1) is 49.6 Å². The van der Waals surface area contributed by atoms with Crippen LogP contribution in [0, 0.1) is 6.92 Å². The summed E-state index contributed by atoms with van der Waals surface area (Å²) >= 11 is 0. The van der Waals surface area contributed by atoms with Gasteiger partial charge in [-0.3, -0.25) is 33.6 Å². The van der Waals surface area contributed by atoms with E-state index in [4.69, 9.17) is 4.98 Å². The van der Waals surface area contributed by atoms with Crippen LogP contribution in [0.25, 0.3) is 22.3 Å². The zero-order valence-corrected chi connectivity index (χ0v) is 40.1. The van der Waals surface area contributed by atoms with Crippen molar-refractivity contribution in [1.29, 1.82) is 0 Å². The maximum atomic E-state index is 13.7. The predicted molar refractivity (Wildman–Crippen MR) is 263 cm³/mol. The number of rotatable bonds is 18. The molecule has 362 valence electrons. The van der Waals surface area contributed by atoms with E-state index in [0.29, 0.717) is 79.0 Å². The van der Waals surface area contributed by atoms with Crippen molar-refractivity contribution in [2.75, 3.05) is 38.0 Å². The molecule has 16 nitrogen and oxygen atoms in total. The van der Waals surface area contributed by atoms with Gasteiger partial charge in [-0.2, -0.15) is 0 Å². The number of carbonyl (C=O) groups excluding carboxylic acids is 6. The highest BCUT2D eigenvalue weighted by Gasteiger charge is 2.31. The lowest BCUT2D eigenvalue weighted by Crippen LogP contribution is -2.45. The summed E-state index contributed by atoms with van der Waals surface area (Å²) in [6.07, 6.45) is 5.31. The molecule has 1 aliphatic carbocycles. The van der Waals surface area contributed by atoms with E-state index in [9.17, 15) is 38.7 Å². The van der Waals surface area contributed by atoms with Crippen molar-refractivity contribution in [3.05, 3.63) is 117 Å². The smallest absolute Gasteiger partial charge is 0.254 e. The van der Waals surface area contributed by atoms with Crippen LogP contribution < -0.4 is 32.1 Å². The van der Waals surface area contributed by atoms with E-state index in [1.165, 1.54) is 5.56 Å². The number of likely N-dealkylation sites (tertiary alicyclic amines) is 1. The Hall–Kier alpha value is -6.94. The largest absolute Gasteiger partial charge is 0.384 e. The first-order chi connectivity index (χ1) is 32.7. The van der Waals surface area contributed by atoms with Gasteiger partial charge in [0.15, 0.2) is 0 Å². The standard InChI is InChI=1S/C43H52N8O8.C7H8.C2H6/c1-5-26-29(42(58)24(2)3)18-33-41-30(23-51(33)43(26)59)27-10-9-11-28-31(14-15-32(49-41)40(27)28)48-38(56)22-47-37(55)21-46-36(54)20-45-35(53)19-44-34(52)12-7-6-8-17-50-25(4)13-16-39(50)57;1-7-5-3-2-4-6-7;1-2/h14-15,18,42,58H,2,4-13,16-17,19-23H2,1,3H3,(H,44,52)(H,45,53)(H,46,54)(H,47,55)(H,48,56);2-6H,1H3;1-2H3/t42-;;/m1../s1. The summed E-state index contributed by atoms with van der Waals surface area (Å²) < 4.78 is 1.73. The number of hydrogen-bond acceptors (Lipinski definition) is 9. The van der Waals surface area contributed by atoms with Crippen molar-refractivity contribution in [2.45, 2.75) is 111 Å². The summed E-state index contributed by atoms with van der Waals surface area (Å²) in [5.41, 5.74) is 9.35. The van der Waals surface area contributed by atoms with Crippen LogP contribution in [0.5, 0.6) is 0 Å². The minimum absolute atomic E-state index is 0.0804. The number of allylic oxidation sites excluding steroid dienone is 1. The van der Waals surface area contributed by atoms with Gasteiger partial charge in [0, 0.05) is 47.3 Å². The van der Waals surface area contributed by atoms with E-state index in [2.05, 4.69) is 58.8 Å². The number of benzene rings is 2. The molecular formula is C52H66N8O8. The second-order valence-electron chi connectivity index (χ2n) is 16.9.